The lowest BCUT2D eigenvalue weighted by Gasteiger charge is -2.40. The van der Waals surface area contributed by atoms with Crippen LogP contribution in [0.2, 0.25) is 0 Å². The number of aryl methyl sites for hydroxylation is 1. The topological polar surface area (TPSA) is 126 Å². The van der Waals surface area contributed by atoms with E-state index in [9.17, 15) is 25.2 Å². The minimum absolute atomic E-state index is 0.191. The van der Waals surface area contributed by atoms with Gasteiger partial charge in [-0.3, -0.25) is 4.79 Å². The van der Waals surface area contributed by atoms with Gasteiger partial charge in [-0.2, -0.15) is 0 Å². The number of carbonyl (C=O) groups is 1. The van der Waals surface area contributed by atoms with E-state index in [1.165, 1.54) is 14.2 Å². The third-order valence-electron chi connectivity index (χ3n) is 4.34. The van der Waals surface area contributed by atoms with Crippen LogP contribution in [0.25, 0.3) is 0 Å². The van der Waals surface area contributed by atoms with Crippen molar-refractivity contribution in [1.29, 1.82) is 0 Å². The molecule has 0 amide bonds. The maximum absolute atomic E-state index is 11.3. The fourth-order valence-corrected chi connectivity index (χ4v) is 2.87. The average Bonchev–Trinajstić information content (AvgIpc) is 2.64. The molecule has 0 radical (unpaired) electrons. The minimum atomic E-state index is -1.47. The van der Waals surface area contributed by atoms with Gasteiger partial charge in [0.2, 0.25) is 0 Å². The number of aliphatic hydroxyl groups is 4. The van der Waals surface area contributed by atoms with E-state index in [-0.39, 0.29) is 12.4 Å². The summed E-state index contributed by atoms with van der Waals surface area (Å²) in [7, 11) is 2.77. The molecule has 4 N–H and O–H groups in total. The Morgan fingerprint density at radius 1 is 1.16 bits per heavy atom. The number of aliphatic hydroxyl groups excluding tert-OH is 4. The highest BCUT2D eigenvalue weighted by molar-refractivity contribution is 5.69. The summed E-state index contributed by atoms with van der Waals surface area (Å²) in [4.78, 5) is 11.3. The van der Waals surface area contributed by atoms with Gasteiger partial charge in [0.1, 0.15) is 36.3 Å². The van der Waals surface area contributed by atoms with Crippen LogP contribution in [0, 0.1) is 0 Å². The first-order valence-corrected chi connectivity index (χ1v) is 7.97. The van der Waals surface area contributed by atoms with Gasteiger partial charge in [-0.25, -0.2) is 0 Å². The zero-order valence-electron chi connectivity index (χ0n) is 14.2. The van der Waals surface area contributed by atoms with E-state index in [4.69, 9.17) is 9.47 Å². The molecule has 0 spiro atoms. The molecule has 140 valence electrons. The van der Waals surface area contributed by atoms with Crippen LogP contribution >= 0.6 is 0 Å². The average molecular weight is 356 g/mol. The third-order valence-corrected chi connectivity index (χ3v) is 4.34. The Kier molecular flexibility index (Phi) is 6.74. The highest BCUT2D eigenvalue weighted by Gasteiger charge is 2.44. The van der Waals surface area contributed by atoms with E-state index < -0.39 is 37.1 Å². The van der Waals surface area contributed by atoms with Gasteiger partial charge >= 0.3 is 5.97 Å². The van der Waals surface area contributed by atoms with E-state index in [0.717, 1.165) is 5.56 Å². The van der Waals surface area contributed by atoms with Crippen molar-refractivity contribution in [2.45, 2.75) is 43.4 Å². The molecule has 0 saturated carbocycles. The van der Waals surface area contributed by atoms with Crippen LogP contribution in [0.4, 0.5) is 0 Å². The molecule has 8 nitrogen and oxygen atoms in total. The Bertz CT molecular complexity index is 588. The number of hydrogen-bond donors (Lipinski definition) is 4. The van der Waals surface area contributed by atoms with E-state index in [0.29, 0.717) is 17.7 Å². The summed E-state index contributed by atoms with van der Waals surface area (Å²) in [5, 5.41) is 39.5. The lowest BCUT2D eigenvalue weighted by Crippen LogP contribution is -2.55. The molecule has 1 fully saturated rings. The van der Waals surface area contributed by atoms with Crippen molar-refractivity contribution in [1.82, 2.24) is 0 Å². The fraction of sp³-hybridized carbons (Fsp3) is 0.588. The van der Waals surface area contributed by atoms with Crippen molar-refractivity contribution >= 4 is 5.97 Å². The molecule has 0 aromatic heterocycles. The molecule has 5 atom stereocenters. The zero-order valence-corrected chi connectivity index (χ0v) is 14.2. The molecule has 0 aliphatic carbocycles. The van der Waals surface area contributed by atoms with Crippen LogP contribution in [-0.2, 0) is 20.7 Å². The van der Waals surface area contributed by atoms with Crippen molar-refractivity contribution < 1.29 is 39.4 Å². The Hall–Kier alpha value is -1.71. The molecular formula is C17H24O8. The molecule has 0 bridgehead atoms. The van der Waals surface area contributed by atoms with Crippen LogP contribution < -0.4 is 4.74 Å². The third kappa shape index (κ3) is 4.28. The fourth-order valence-electron chi connectivity index (χ4n) is 2.87. The number of ether oxygens (including phenoxy) is 3. The first-order chi connectivity index (χ1) is 11.9. The van der Waals surface area contributed by atoms with Crippen molar-refractivity contribution in [3.05, 3.63) is 29.3 Å². The predicted octanol–water partition coefficient (Wildman–Crippen LogP) is -0.684. The van der Waals surface area contributed by atoms with Gasteiger partial charge in [0.15, 0.2) is 0 Å². The summed E-state index contributed by atoms with van der Waals surface area (Å²) in [5.41, 5.74) is 1.25. The van der Waals surface area contributed by atoms with Crippen LogP contribution in [0.1, 0.15) is 23.7 Å². The molecule has 2 rings (SSSR count). The summed E-state index contributed by atoms with van der Waals surface area (Å²) in [5.74, 6) is 0.0800. The van der Waals surface area contributed by atoms with Gasteiger partial charge in [0.25, 0.3) is 0 Å². The SMILES string of the molecule is COC(=O)CCc1ccc(OC)c([C@H]2O[C@H](CO)[C@@H](O)[C@H](O)[C@@H]2O)c1. The summed E-state index contributed by atoms with van der Waals surface area (Å²) >= 11 is 0. The van der Waals surface area contributed by atoms with Gasteiger partial charge in [0, 0.05) is 12.0 Å². The normalized spacial score (nSPS) is 29.3. The highest BCUT2D eigenvalue weighted by atomic mass is 16.5. The standard InChI is InChI=1S/C17H24O8/c1-23-11-5-3-9(4-6-13(19)24-2)7-10(11)17-16(22)15(21)14(20)12(8-18)25-17/h3,5,7,12,14-18,20-22H,4,6,8H2,1-2H3/t12-,14-,15+,16+,17-/m1/s1. The molecular weight excluding hydrogens is 332 g/mol. The van der Waals surface area contributed by atoms with Crippen molar-refractivity contribution in [3.8, 4) is 5.75 Å². The molecule has 1 heterocycles. The Morgan fingerprint density at radius 2 is 1.88 bits per heavy atom. The maximum atomic E-state index is 11.3. The summed E-state index contributed by atoms with van der Waals surface area (Å²) in [6.07, 6.45) is -5.69. The van der Waals surface area contributed by atoms with Gasteiger partial charge in [-0.1, -0.05) is 6.07 Å². The van der Waals surface area contributed by atoms with Crippen LogP contribution in [0.3, 0.4) is 0 Å². The molecule has 1 aliphatic rings. The van der Waals surface area contributed by atoms with E-state index >= 15 is 0 Å². The van der Waals surface area contributed by atoms with Gasteiger partial charge in [-0.15, -0.1) is 0 Å². The number of methoxy groups -OCH3 is 2. The number of benzene rings is 1. The van der Waals surface area contributed by atoms with Crippen LogP contribution in [0.5, 0.6) is 5.75 Å². The second-order valence-corrected chi connectivity index (χ2v) is 5.90. The van der Waals surface area contributed by atoms with E-state index in [2.05, 4.69) is 4.74 Å². The van der Waals surface area contributed by atoms with Gasteiger partial charge < -0.3 is 34.6 Å². The van der Waals surface area contributed by atoms with E-state index in [1.807, 2.05) is 0 Å². The number of esters is 1. The Balaban J connectivity index is 2.30. The van der Waals surface area contributed by atoms with Crippen LogP contribution in [-0.4, -0.2) is 71.6 Å². The van der Waals surface area contributed by atoms with E-state index in [1.54, 1.807) is 18.2 Å². The number of hydrogen-bond acceptors (Lipinski definition) is 8. The lowest BCUT2D eigenvalue weighted by atomic mass is 9.90. The second-order valence-electron chi connectivity index (χ2n) is 5.90. The molecule has 1 saturated heterocycles. The first kappa shape index (κ1) is 19.6. The maximum Gasteiger partial charge on any atom is 0.305 e. The predicted molar refractivity (Wildman–Crippen MR) is 86.1 cm³/mol. The summed E-state index contributed by atoms with van der Waals surface area (Å²) in [6.45, 7) is -0.508. The Morgan fingerprint density at radius 3 is 2.48 bits per heavy atom. The van der Waals surface area contributed by atoms with Crippen molar-refractivity contribution in [2.24, 2.45) is 0 Å². The number of rotatable bonds is 6. The minimum Gasteiger partial charge on any atom is -0.496 e. The Labute approximate surface area is 145 Å². The summed E-state index contributed by atoms with van der Waals surface area (Å²) < 4.78 is 15.5. The zero-order chi connectivity index (χ0) is 18.6. The first-order valence-electron chi connectivity index (χ1n) is 7.97. The smallest absolute Gasteiger partial charge is 0.305 e. The van der Waals surface area contributed by atoms with Crippen LogP contribution in [0.15, 0.2) is 18.2 Å². The molecule has 1 aromatic carbocycles. The summed E-state index contributed by atoms with van der Waals surface area (Å²) in [6, 6.07) is 5.15. The van der Waals surface area contributed by atoms with Crippen molar-refractivity contribution in [3.63, 3.8) is 0 Å². The van der Waals surface area contributed by atoms with Gasteiger partial charge in [-0.05, 0) is 24.1 Å². The molecule has 8 heteroatoms. The largest absolute Gasteiger partial charge is 0.496 e. The quantitative estimate of drug-likeness (QED) is 0.494. The van der Waals surface area contributed by atoms with Crippen molar-refractivity contribution in [2.75, 3.05) is 20.8 Å². The lowest BCUT2D eigenvalue weighted by molar-refractivity contribution is -0.232. The second kappa shape index (κ2) is 8.59. The molecule has 0 unspecified atom stereocenters. The molecule has 25 heavy (non-hydrogen) atoms. The number of carbonyl (C=O) groups excluding carboxylic acids is 1. The molecule has 1 aromatic rings. The highest BCUT2D eigenvalue weighted by Crippen LogP contribution is 2.37. The molecule has 1 aliphatic heterocycles. The van der Waals surface area contributed by atoms with Gasteiger partial charge in [0.05, 0.1) is 20.8 Å². The monoisotopic (exact) mass is 356 g/mol.